The molecule has 0 aromatic rings. The van der Waals surface area contributed by atoms with Crippen molar-refractivity contribution < 1.29 is 9.90 Å². The lowest BCUT2D eigenvalue weighted by atomic mass is 10.4. The molecule has 0 radical (unpaired) electrons. The number of nitrogens with two attached hydrogens (primary N) is 3. The van der Waals surface area contributed by atoms with Crippen molar-refractivity contribution in [3.05, 3.63) is 0 Å². The van der Waals surface area contributed by atoms with Gasteiger partial charge < -0.3 is 27.2 Å². The zero-order chi connectivity index (χ0) is 12.7. The minimum absolute atomic E-state index is 0.0335. The third-order valence-corrected chi connectivity index (χ3v) is 2.24. The van der Waals surface area contributed by atoms with Gasteiger partial charge in [0.2, 0.25) is 5.96 Å². The third-order valence-electron chi connectivity index (χ3n) is 1.42. The van der Waals surface area contributed by atoms with Crippen LogP contribution in [0, 0.1) is 0 Å². The van der Waals surface area contributed by atoms with E-state index in [0.717, 1.165) is 11.9 Å². The quantitative estimate of drug-likeness (QED) is 0.262. The van der Waals surface area contributed by atoms with Crippen molar-refractivity contribution in [2.45, 2.75) is 6.04 Å². The van der Waals surface area contributed by atoms with Crippen LogP contribution in [0.2, 0.25) is 0 Å². The predicted molar refractivity (Wildman–Crippen MR) is 65.0 cm³/mol. The summed E-state index contributed by atoms with van der Waals surface area (Å²) < 4.78 is 3.74. The number of guanidine groups is 2. The zero-order valence-electron chi connectivity index (χ0n) is 9.12. The second kappa shape index (κ2) is 6.90. The first-order valence-electron chi connectivity index (χ1n) is 4.30. The van der Waals surface area contributed by atoms with E-state index in [2.05, 4.69) is 9.39 Å². The molecular weight excluding hydrogens is 232 g/mol. The van der Waals surface area contributed by atoms with Gasteiger partial charge in [-0.2, -0.15) is 9.39 Å². The normalized spacial score (nSPS) is 14.7. The van der Waals surface area contributed by atoms with Crippen molar-refractivity contribution in [3.63, 3.8) is 0 Å². The van der Waals surface area contributed by atoms with Crippen LogP contribution in [0.15, 0.2) is 9.39 Å². The molecule has 0 heterocycles. The summed E-state index contributed by atoms with van der Waals surface area (Å²) in [6, 6.07) is -0.975. The fraction of sp³-hybridized carbons (Fsp3) is 0.571. The lowest BCUT2D eigenvalue weighted by Crippen LogP contribution is -2.33. The lowest BCUT2D eigenvalue weighted by molar-refractivity contribution is -0.137. The fourth-order valence-corrected chi connectivity index (χ4v) is 1.04. The van der Waals surface area contributed by atoms with E-state index in [1.807, 2.05) is 0 Å². The van der Waals surface area contributed by atoms with Crippen LogP contribution < -0.4 is 17.2 Å². The maximum Gasteiger partial charge on any atom is 0.321 e. The van der Waals surface area contributed by atoms with E-state index in [1.165, 1.54) is 0 Å². The molecule has 1 unspecified atom stereocenters. The first kappa shape index (κ1) is 14.5. The average molecular weight is 248 g/mol. The molecule has 0 fully saturated rings. The Bertz CT molecular complexity index is 303. The van der Waals surface area contributed by atoms with Gasteiger partial charge >= 0.3 is 5.97 Å². The molecule has 1 atom stereocenters. The Morgan fingerprint density at radius 3 is 2.50 bits per heavy atom. The summed E-state index contributed by atoms with van der Waals surface area (Å²) in [5.74, 6) is -0.788. The van der Waals surface area contributed by atoms with Crippen LogP contribution in [-0.4, -0.2) is 53.8 Å². The molecule has 0 aliphatic carbocycles. The van der Waals surface area contributed by atoms with Crippen LogP contribution in [-0.2, 0) is 4.79 Å². The Morgan fingerprint density at radius 2 is 2.06 bits per heavy atom. The van der Waals surface area contributed by atoms with Gasteiger partial charge in [-0.3, -0.25) is 4.79 Å². The summed E-state index contributed by atoms with van der Waals surface area (Å²) >= 11 is 0.927. The molecule has 0 aliphatic rings. The van der Waals surface area contributed by atoms with Gasteiger partial charge in [0.05, 0.1) is 0 Å². The minimum atomic E-state index is -1.09. The number of hydrogen-bond donors (Lipinski definition) is 4. The van der Waals surface area contributed by atoms with E-state index >= 15 is 0 Å². The van der Waals surface area contributed by atoms with Gasteiger partial charge in [0, 0.05) is 19.8 Å². The highest BCUT2D eigenvalue weighted by Gasteiger charge is 2.10. The molecule has 0 saturated carbocycles. The summed E-state index contributed by atoms with van der Waals surface area (Å²) in [4.78, 5) is 15.7. The van der Waals surface area contributed by atoms with E-state index in [1.54, 1.807) is 19.0 Å². The molecule has 7 N–H and O–H groups in total. The number of carbonyl (C=O) groups is 1. The third kappa shape index (κ3) is 6.09. The predicted octanol–water partition coefficient (Wildman–Crippen LogP) is -1.76. The molecule has 9 heteroatoms. The summed E-state index contributed by atoms with van der Waals surface area (Å²) in [6.07, 6.45) is 0. The standard InChI is InChI=1S/C7H16N6O2S/c1-13(2)7(10)11-6(9)12-16-3-4(8)5(14)15/h4H,3,8H2,1-2H3,(H,14,15)(H4,9,10,11,12). The van der Waals surface area contributed by atoms with Crippen LogP contribution >= 0.6 is 11.9 Å². The number of aliphatic imine (C=N–C) groups is 1. The topological polar surface area (TPSA) is 143 Å². The number of aliphatic carboxylic acids is 1. The number of carboxylic acid groups (broad SMARTS) is 1. The van der Waals surface area contributed by atoms with E-state index in [0.29, 0.717) is 0 Å². The maximum atomic E-state index is 10.4. The van der Waals surface area contributed by atoms with Crippen molar-refractivity contribution in [3.8, 4) is 0 Å². The summed E-state index contributed by atoms with van der Waals surface area (Å²) in [7, 11) is 3.42. The molecular formula is C7H16N6O2S. The van der Waals surface area contributed by atoms with Gasteiger partial charge in [0.1, 0.15) is 6.04 Å². The molecule has 0 rings (SSSR count). The Balaban J connectivity index is 4.16. The monoisotopic (exact) mass is 248 g/mol. The van der Waals surface area contributed by atoms with Gasteiger partial charge in [0.25, 0.3) is 0 Å². The smallest absolute Gasteiger partial charge is 0.321 e. The van der Waals surface area contributed by atoms with Crippen LogP contribution in [0.4, 0.5) is 0 Å². The number of rotatable bonds is 4. The number of nitrogens with zero attached hydrogens (tertiary/aromatic N) is 3. The highest BCUT2D eigenvalue weighted by Crippen LogP contribution is 2.03. The SMILES string of the molecule is CN(C)C(N)=NC(N)=NSCC(N)C(=O)O. The largest absolute Gasteiger partial charge is 0.480 e. The minimum Gasteiger partial charge on any atom is -0.480 e. The molecule has 8 nitrogen and oxygen atoms in total. The van der Waals surface area contributed by atoms with Crippen molar-refractivity contribution in [1.82, 2.24) is 4.90 Å². The zero-order valence-corrected chi connectivity index (χ0v) is 9.94. The number of carboxylic acids is 1. The van der Waals surface area contributed by atoms with Gasteiger partial charge in [-0.25, -0.2) is 0 Å². The van der Waals surface area contributed by atoms with Crippen LogP contribution in [0.3, 0.4) is 0 Å². The molecule has 0 bridgehead atoms. The average Bonchev–Trinajstić information content (AvgIpc) is 2.16. The molecule has 0 aromatic heterocycles. The van der Waals surface area contributed by atoms with Gasteiger partial charge in [0.15, 0.2) is 5.96 Å². The molecule has 92 valence electrons. The van der Waals surface area contributed by atoms with Crippen LogP contribution in [0.5, 0.6) is 0 Å². The second-order valence-electron chi connectivity index (χ2n) is 3.05. The second-order valence-corrected chi connectivity index (χ2v) is 3.83. The van der Waals surface area contributed by atoms with E-state index < -0.39 is 12.0 Å². The first-order valence-corrected chi connectivity index (χ1v) is 5.24. The van der Waals surface area contributed by atoms with Gasteiger partial charge in [-0.05, 0) is 11.9 Å². The summed E-state index contributed by atoms with van der Waals surface area (Å²) in [5.41, 5.74) is 16.2. The van der Waals surface area contributed by atoms with E-state index in [-0.39, 0.29) is 17.7 Å². The number of hydrogen-bond acceptors (Lipinski definition) is 4. The van der Waals surface area contributed by atoms with Crippen molar-refractivity contribution in [2.75, 3.05) is 19.8 Å². The molecule has 16 heavy (non-hydrogen) atoms. The molecule has 0 aromatic carbocycles. The van der Waals surface area contributed by atoms with Gasteiger partial charge in [-0.15, -0.1) is 0 Å². The fourth-order valence-electron chi connectivity index (χ4n) is 0.493. The summed E-state index contributed by atoms with van der Waals surface area (Å²) in [5, 5.41) is 8.49. The Hall–Kier alpha value is -1.48. The highest BCUT2D eigenvalue weighted by molar-refractivity contribution is 7.98. The highest BCUT2D eigenvalue weighted by atomic mass is 32.2. The molecule has 0 spiro atoms. The van der Waals surface area contributed by atoms with E-state index in [4.69, 9.17) is 22.3 Å². The van der Waals surface area contributed by atoms with Crippen LogP contribution in [0.1, 0.15) is 0 Å². The lowest BCUT2D eigenvalue weighted by Gasteiger charge is -2.09. The Kier molecular flexibility index (Phi) is 6.27. The molecule has 0 amide bonds. The Morgan fingerprint density at radius 1 is 1.50 bits per heavy atom. The first-order chi connectivity index (χ1) is 7.34. The maximum absolute atomic E-state index is 10.4. The van der Waals surface area contributed by atoms with Crippen molar-refractivity contribution in [2.24, 2.45) is 26.6 Å². The van der Waals surface area contributed by atoms with Gasteiger partial charge in [-0.1, -0.05) is 0 Å². The van der Waals surface area contributed by atoms with Crippen molar-refractivity contribution >= 4 is 29.8 Å². The Labute approximate surface area is 97.7 Å². The molecule has 0 aliphatic heterocycles. The molecule has 0 saturated heterocycles. The van der Waals surface area contributed by atoms with Crippen molar-refractivity contribution in [1.29, 1.82) is 0 Å². The van der Waals surface area contributed by atoms with E-state index in [9.17, 15) is 4.79 Å². The van der Waals surface area contributed by atoms with Crippen LogP contribution in [0.25, 0.3) is 0 Å². The summed E-state index contributed by atoms with van der Waals surface area (Å²) in [6.45, 7) is 0.